The third-order valence-corrected chi connectivity index (χ3v) is 4.70. The van der Waals surface area contributed by atoms with Crippen molar-refractivity contribution in [3.05, 3.63) is 53.2 Å². The number of rotatable bonds is 4. The third kappa shape index (κ3) is 2.65. The van der Waals surface area contributed by atoms with Crippen LogP contribution in [-0.4, -0.2) is 31.0 Å². The molecule has 0 aliphatic heterocycles. The lowest BCUT2D eigenvalue weighted by Gasteiger charge is -2.39. The van der Waals surface area contributed by atoms with Crippen molar-refractivity contribution in [1.82, 2.24) is 30.5 Å². The van der Waals surface area contributed by atoms with Crippen LogP contribution in [0.1, 0.15) is 47.2 Å². The van der Waals surface area contributed by atoms with Crippen LogP contribution in [0.15, 0.2) is 28.8 Å². The van der Waals surface area contributed by atoms with E-state index in [9.17, 15) is 9.18 Å². The summed E-state index contributed by atoms with van der Waals surface area (Å²) >= 11 is 0. The standard InChI is InChI=1S/C17H17FN6O2/c1-10-14(21-23-24(10)13-6-4-12(18)5-7-13)15(25)20-17(8-3-9-17)16-19-11(2)26-22-16/h4-7H,3,8-9H2,1-2H3,(H,20,25). The SMILES string of the molecule is Cc1nc(C2(NC(=O)c3nnn(-c4ccc(F)cc4)c3C)CCC2)no1. The second-order valence-electron chi connectivity index (χ2n) is 6.44. The lowest BCUT2D eigenvalue weighted by atomic mass is 9.76. The van der Waals surface area contributed by atoms with Gasteiger partial charge in [0.1, 0.15) is 11.4 Å². The number of amides is 1. The van der Waals surface area contributed by atoms with Gasteiger partial charge in [0.15, 0.2) is 11.5 Å². The Bertz CT molecular complexity index is 958. The van der Waals surface area contributed by atoms with Crippen molar-refractivity contribution in [2.24, 2.45) is 0 Å². The Morgan fingerprint density at radius 3 is 2.58 bits per heavy atom. The zero-order chi connectivity index (χ0) is 18.3. The van der Waals surface area contributed by atoms with E-state index in [1.807, 2.05) is 0 Å². The second kappa shape index (κ2) is 6.01. The summed E-state index contributed by atoms with van der Waals surface area (Å²) in [6.07, 6.45) is 2.45. The van der Waals surface area contributed by atoms with Crippen molar-refractivity contribution in [2.45, 2.75) is 38.6 Å². The third-order valence-electron chi connectivity index (χ3n) is 4.70. The average molecular weight is 356 g/mol. The number of carbonyl (C=O) groups excluding carboxylic acids is 1. The second-order valence-corrected chi connectivity index (χ2v) is 6.44. The molecular formula is C17H17FN6O2. The van der Waals surface area contributed by atoms with Crippen molar-refractivity contribution >= 4 is 5.91 Å². The van der Waals surface area contributed by atoms with Gasteiger partial charge in [-0.25, -0.2) is 9.07 Å². The van der Waals surface area contributed by atoms with E-state index in [4.69, 9.17) is 4.52 Å². The first-order valence-corrected chi connectivity index (χ1v) is 8.30. The summed E-state index contributed by atoms with van der Waals surface area (Å²) in [5.41, 5.74) is 0.775. The maximum atomic E-state index is 13.1. The summed E-state index contributed by atoms with van der Waals surface area (Å²) in [7, 11) is 0. The molecule has 1 fully saturated rings. The van der Waals surface area contributed by atoms with Gasteiger partial charge in [-0.1, -0.05) is 10.4 Å². The molecule has 3 aromatic rings. The highest BCUT2D eigenvalue weighted by Gasteiger charge is 2.44. The highest BCUT2D eigenvalue weighted by molar-refractivity contribution is 5.94. The van der Waals surface area contributed by atoms with Crippen LogP contribution < -0.4 is 5.32 Å². The molecule has 1 aliphatic carbocycles. The fourth-order valence-corrected chi connectivity index (χ4v) is 3.07. The molecule has 1 amide bonds. The maximum absolute atomic E-state index is 13.1. The Morgan fingerprint density at radius 1 is 1.27 bits per heavy atom. The van der Waals surface area contributed by atoms with Crippen LogP contribution in [0.5, 0.6) is 0 Å². The Balaban J connectivity index is 1.60. The summed E-state index contributed by atoms with van der Waals surface area (Å²) in [5.74, 6) is 0.252. The molecule has 0 radical (unpaired) electrons. The first-order chi connectivity index (χ1) is 12.5. The Hall–Kier alpha value is -3.10. The van der Waals surface area contributed by atoms with Gasteiger partial charge in [0.2, 0.25) is 5.89 Å². The summed E-state index contributed by atoms with van der Waals surface area (Å²) in [4.78, 5) is 17.0. The smallest absolute Gasteiger partial charge is 0.274 e. The molecule has 0 bridgehead atoms. The molecule has 1 N–H and O–H groups in total. The zero-order valence-corrected chi connectivity index (χ0v) is 14.4. The predicted octanol–water partition coefficient (Wildman–Crippen LogP) is 2.22. The molecule has 0 spiro atoms. The Kier molecular flexibility index (Phi) is 3.78. The molecule has 2 heterocycles. The van der Waals surface area contributed by atoms with Gasteiger partial charge in [0.05, 0.1) is 11.4 Å². The summed E-state index contributed by atoms with van der Waals surface area (Å²) in [6.45, 7) is 3.45. The van der Waals surface area contributed by atoms with Crippen molar-refractivity contribution in [3.8, 4) is 5.69 Å². The first-order valence-electron chi connectivity index (χ1n) is 8.30. The monoisotopic (exact) mass is 356 g/mol. The van der Waals surface area contributed by atoms with Crippen molar-refractivity contribution in [3.63, 3.8) is 0 Å². The number of aryl methyl sites for hydroxylation is 1. The minimum atomic E-state index is -0.624. The van der Waals surface area contributed by atoms with E-state index in [2.05, 4.69) is 25.8 Å². The average Bonchev–Trinajstić information content (AvgIpc) is 3.18. The van der Waals surface area contributed by atoms with Gasteiger partial charge in [-0.2, -0.15) is 4.98 Å². The fourth-order valence-electron chi connectivity index (χ4n) is 3.07. The topological polar surface area (TPSA) is 98.7 Å². The minimum absolute atomic E-state index is 0.209. The highest BCUT2D eigenvalue weighted by Crippen LogP contribution is 2.40. The van der Waals surface area contributed by atoms with E-state index < -0.39 is 5.54 Å². The summed E-state index contributed by atoms with van der Waals surface area (Å²) in [5, 5.41) is 15.0. The van der Waals surface area contributed by atoms with Crippen molar-refractivity contribution in [1.29, 1.82) is 0 Å². The number of halogens is 1. The van der Waals surface area contributed by atoms with Gasteiger partial charge in [0.25, 0.3) is 5.91 Å². The van der Waals surface area contributed by atoms with E-state index in [1.165, 1.54) is 16.8 Å². The van der Waals surface area contributed by atoms with Crippen LogP contribution in [-0.2, 0) is 5.54 Å². The van der Waals surface area contributed by atoms with Gasteiger partial charge < -0.3 is 9.84 Å². The van der Waals surface area contributed by atoms with Crippen LogP contribution in [0.4, 0.5) is 4.39 Å². The number of aromatic nitrogens is 5. The normalized spacial score (nSPS) is 15.5. The molecule has 134 valence electrons. The van der Waals surface area contributed by atoms with E-state index in [-0.39, 0.29) is 17.4 Å². The molecule has 1 aromatic carbocycles. The highest BCUT2D eigenvalue weighted by atomic mass is 19.1. The molecule has 4 rings (SSSR count). The quantitative estimate of drug-likeness (QED) is 0.769. The molecular weight excluding hydrogens is 339 g/mol. The largest absolute Gasteiger partial charge is 0.340 e. The van der Waals surface area contributed by atoms with E-state index >= 15 is 0 Å². The lowest BCUT2D eigenvalue weighted by molar-refractivity contribution is 0.0799. The molecule has 1 aliphatic rings. The summed E-state index contributed by atoms with van der Waals surface area (Å²) in [6, 6.07) is 5.82. The number of nitrogens with zero attached hydrogens (tertiary/aromatic N) is 5. The molecule has 9 heteroatoms. The lowest BCUT2D eigenvalue weighted by Crippen LogP contribution is -2.51. The Morgan fingerprint density at radius 2 is 2.00 bits per heavy atom. The molecule has 0 saturated heterocycles. The predicted molar refractivity (Wildman–Crippen MR) is 88.1 cm³/mol. The summed E-state index contributed by atoms with van der Waals surface area (Å²) < 4.78 is 19.7. The van der Waals surface area contributed by atoms with Crippen LogP contribution in [0.25, 0.3) is 5.69 Å². The molecule has 26 heavy (non-hydrogen) atoms. The molecule has 8 nitrogen and oxygen atoms in total. The molecule has 0 atom stereocenters. The van der Waals surface area contributed by atoms with Crippen molar-refractivity contribution < 1.29 is 13.7 Å². The minimum Gasteiger partial charge on any atom is -0.340 e. The molecule has 0 unspecified atom stereocenters. The number of hydrogen-bond donors (Lipinski definition) is 1. The number of benzene rings is 1. The molecule has 1 saturated carbocycles. The number of carbonyl (C=O) groups is 1. The van der Waals surface area contributed by atoms with Crippen LogP contribution in [0, 0.1) is 19.7 Å². The maximum Gasteiger partial charge on any atom is 0.274 e. The van der Waals surface area contributed by atoms with Gasteiger partial charge >= 0.3 is 0 Å². The van der Waals surface area contributed by atoms with E-state index in [1.54, 1.807) is 26.0 Å². The van der Waals surface area contributed by atoms with E-state index in [0.29, 0.717) is 23.1 Å². The van der Waals surface area contributed by atoms with Crippen molar-refractivity contribution in [2.75, 3.05) is 0 Å². The zero-order valence-electron chi connectivity index (χ0n) is 14.4. The fraction of sp³-hybridized carbons (Fsp3) is 0.353. The molecule has 2 aromatic heterocycles. The number of hydrogen-bond acceptors (Lipinski definition) is 6. The Labute approximate surface area is 148 Å². The van der Waals surface area contributed by atoms with E-state index in [0.717, 1.165) is 19.3 Å². The van der Waals surface area contributed by atoms with Gasteiger partial charge in [0, 0.05) is 6.92 Å². The number of nitrogens with one attached hydrogen (secondary N) is 1. The van der Waals surface area contributed by atoms with Crippen LogP contribution in [0.3, 0.4) is 0 Å². The first kappa shape index (κ1) is 16.4. The van der Waals surface area contributed by atoms with Gasteiger partial charge in [-0.3, -0.25) is 4.79 Å². The van der Waals surface area contributed by atoms with Crippen LogP contribution in [0.2, 0.25) is 0 Å². The van der Waals surface area contributed by atoms with Gasteiger partial charge in [-0.15, -0.1) is 5.10 Å². The van der Waals surface area contributed by atoms with Gasteiger partial charge in [-0.05, 0) is 50.5 Å². The van der Waals surface area contributed by atoms with Crippen LogP contribution >= 0.6 is 0 Å².